The van der Waals surface area contributed by atoms with E-state index in [2.05, 4.69) is 10.9 Å². The van der Waals surface area contributed by atoms with Crippen LogP contribution in [0.2, 0.25) is 0 Å². The zero-order valence-corrected chi connectivity index (χ0v) is 15.9. The number of para-hydroxylation sites is 1. The number of aryl methyl sites for hydroxylation is 1. The molecular formula is C20H20N2O6. The molecule has 0 atom stereocenters. The molecule has 0 aliphatic heterocycles. The van der Waals surface area contributed by atoms with Crippen molar-refractivity contribution in [1.29, 1.82) is 0 Å². The van der Waals surface area contributed by atoms with E-state index in [1.165, 1.54) is 33.5 Å². The maximum atomic E-state index is 12.5. The number of carbonyl (C=O) groups is 2. The fourth-order valence-corrected chi connectivity index (χ4v) is 2.85. The number of benzene rings is 2. The van der Waals surface area contributed by atoms with Crippen molar-refractivity contribution >= 4 is 22.8 Å². The molecule has 0 saturated heterocycles. The molecule has 3 aromatic rings. The van der Waals surface area contributed by atoms with Gasteiger partial charge in [0.05, 0.1) is 21.3 Å². The van der Waals surface area contributed by atoms with Gasteiger partial charge in [-0.05, 0) is 25.1 Å². The van der Waals surface area contributed by atoms with Crippen LogP contribution < -0.4 is 25.1 Å². The fourth-order valence-electron chi connectivity index (χ4n) is 2.85. The van der Waals surface area contributed by atoms with E-state index in [1.54, 1.807) is 13.0 Å². The van der Waals surface area contributed by atoms with Crippen molar-refractivity contribution in [2.24, 2.45) is 0 Å². The van der Waals surface area contributed by atoms with Crippen LogP contribution in [0.25, 0.3) is 11.0 Å². The van der Waals surface area contributed by atoms with Crippen LogP contribution in [0.1, 0.15) is 26.5 Å². The molecule has 1 heterocycles. The zero-order valence-electron chi connectivity index (χ0n) is 15.9. The first-order valence-electron chi connectivity index (χ1n) is 8.39. The second kappa shape index (κ2) is 7.91. The first kappa shape index (κ1) is 19.1. The molecule has 146 valence electrons. The minimum absolute atomic E-state index is 0.131. The third-order valence-corrected chi connectivity index (χ3v) is 4.27. The highest BCUT2D eigenvalue weighted by molar-refractivity contribution is 6.01. The maximum absolute atomic E-state index is 12.5. The Morgan fingerprint density at radius 2 is 1.50 bits per heavy atom. The summed E-state index contributed by atoms with van der Waals surface area (Å²) in [5.41, 5.74) is 6.22. The Bertz CT molecular complexity index is 1020. The van der Waals surface area contributed by atoms with Gasteiger partial charge < -0.3 is 18.6 Å². The summed E-state index contributed by atoms with van der Waals surface area (Å²) in [6.45, 7) is 1.78. The first-order chi connectivity index (χ1) is 13.5. The van der Waals surface area contributed by atoms with E-state index < -0.39 is 11.8 Å². The molecule has 0 unspecified atom stereocenters. The number of rotatable bonds is 5. The van der Waals surface area contributed by atoms with Crippen LogP contribution in [-0.2, 0) is 0 Å². The summed E-state index contributed by atoms with van der Waals surface area (Å²) in [7, 11) is 4.37. The van der Waals surface area contributed by atoms with E-state index in [0.29, 0.717) is 28.4 Å². The topological polar surface area (TPSA) is 99.0 Å². The highest BCUT2D eigenvalue weighted by Crippen LogP contribution is 2.38. The maximum Gasteiger partial charge on any atom is 0.305 e. The number of fused-ring (bicyclic) bond motifs is 1. The number of methoxy groups -OCH3 is 3. The minimum Gasteiger partial charge on any atom is -0.493 e. The lowest BCUT2D eigenvalue weighted by Gasteiger charge is -2.14. The van der Waals surface area contributed by atoms with Crippen molar-refractivity contribution in [1.82, 2.24) is 10.9 Å². The standard InChI is InChI=1S/C20H20N2O6/c1-11-13-7-5-6-8-14(13)28-17(11)20(24)22-21-19(23)12-9-15(25-2)18(27-4)16(10-12)26-3/h5-10H,1-4H3,(H,21,23)(H,22,24). The number of ether oxygens (including phenoxy) is 3. The molecule has 1 aromatic heterocycles. The molecule has 8 nitrogen and oxygen atoms in total. The van der Waals surface area contributed by atoms with Crippen LogP contribution in [0.4, 0.5) is 0 Å². The zero-order chi connectivity index (χ0) is 20.3. The van der Waals surface area contributed by atoms with Gasteiger partial charge in [-0.3, -0.25) is 20.4 Å². The molecular weight excluding hydrogens is 364 g/mol. The predicted molar refractivity (Wildman–Crippen MR) is 102 cm³/mol. The number of furan rings is 1. The third kappa shape index (κ3) is 3.44. The van der Waals surface area contributed by atoms with Gasteiger partial charge in [0.15, 0.2) is 17.3 Å². The molecule has 2 amide bonds. The second-order valence-corrected chi connectivity index (χ2v) is 5.87. The van der Waals surface area contributed by atoms with E-state index >= 15 is 0 Å². The number of hydrogen-bond donors (Lipinski definition) is 2. The molecule has 0 aliphatic carbocycles. The van der Waals surface area contributed by atoms with Crippen molar-refractivity contribution in [2.45, 2.75) is 6.92 Å². The Morgan fingerprint density at radius 3 is 2.07 bits per heavy atom. The number of hydrogen-bond acceptors (Lipinski definition) is 6. The predicted octanol–water partition coefficient (Wildman–Crippen LogP) is 2.84. The lowest BCUT2D eigenvalue weighted by Crippen LogP contribution is -2.41. The summed E-state index contributed by atoms with van der Waals surface area (Å²) in [5, 5.41) is 0.837. The molecule has 0 spiro atoms. The molecule has 0 aliphatic rings. The van der Waals surface area contributed by atoms with Gasteiger partial charge in [-0.1, -0.05) is 18.2 Å². The Kier molecular flexibility index (Phi) is 5.39. The van der Waals surface area contributed by atoms with E-state index in [9.17, 15) is 9.59 Å². The smallest absolute Gasteiger partial charge is 0.305 e. The molecule has 8 heteroatoms. The Morgan fingerprint density at radius 1 is 0.893 bits per heavy atom. The summed E-state index contributed by atoms with van der Waals surface area (Å²) < 4.78 is 21.3. The van der Waals surface area contributed by atoms with Gasteiger partial charge in [0, 0.05) is 16.5 Å². The third-order valence-electron chi connectivity index (χ3n) is 4.27. The normalized spacial score (nSPS) is 10.4. The van der Waals surface area contributed by atoms with Crippen LogP contribution in [0.3, 0.4) is 0 Å². The molecule has 2 aromatic carbocycles. The largest absolute Gasteiger partial charge is 0.493 e. The fraction of sp³-hybridized carbons (Fsp3) is 0.200. The SMILES string of the molecule is COc1cc(C(=O)NNC(=O)c2oc3ccccc3c2C)cc(OC)c1OC. The summed E-state index contributed by atoms with van der Waals surface area (Å²) in [6, 6.07) is 10.3. The Labute approximate surface area is 161 Å². The minimum atomic E-state index is -0.561. The Balaban J connectivity index is 1.78. The number of amides is 2. The molecule has 3 rings (SSSR count). The summed E-state index contributed by atoms with van der Waals surface area (Å²) in [4.78, 5) is 24.9. The monoisotopic (exact) mass is 384 g/mol. The van der Waals surface area contributed by atoms with Crippen LogP contribution in [0.15, 0.2) is 40.8 Å². The molecule has 0 radical (unpaired) electrons. The van der Waals surface area contributed by atoms with Gasteiger partial charge in [-0.15, -0.1) is 0 Å². The molecule has 28 heavy (non-hydrogen) atoms. The quantitative estimate of drug-likeness (QED) is 0.657. The van der Waals surface area contributed by atoms with Crippen LogP contribution in [0, 0.1) is 6.92 Å². The lowest BCUT2D eigenvalue weighted by molar-refractivity contribution is 0.0831. The lowest BCUT2D eigenvalue weighted by atomic mass is 10.1. The van der Waals surface area contributed by atoms with Gasteiger partial charge in [0.2, 0.25) is 5.75 Å². The average Bonchev–Trinajstić information content (AvgIpc) is 3.07. The van der Waals surface area contributed by atoms with E-state index in [-0.39, 0.29) is 11.3 Å². The van der Waals surface area contributed by atoms with Crippen LogP contribution in [0.5, 0.6) is 17.2 Å². The van der Waals surface area contributed by atoms with Crippen LogP contribution in [-0.4, -0.2) is 33.1 Å². The van der Waals surface area contributed by atoms with Crippen molar-refractivity contribution in [3.05, 3.63) is 53.3 Å². The first-order valence-corrected chi connectivity index (χ1v) is 8.39. The molecule has 0 bridgehead atoms. The highest BCUT2D eigenvalue weighted by Gasteiger charge is 2.20. The Hall–Kier alpha value is -3.68. The average molecular weight is 384 g/mol. The van der Waals surface area contributed by atoms with Crippen molar-refractivity contribution in [3.63, 3.8) is 0 Å². The van der Waals surface area contributed by atoms with Gasteiger partial charge >= 0.3 is 5.91 Å². The van der Waals surface area contributed by atoms with Gasteiger partial charge in [0.1, 0.15) is 5.58 Å². The highest BCUT2D eigenvalue weighted by atomic mass is 16.5. The number of hydrazine groups is 1. The van der Waals surface area contributed by atoms with Gasteiger partial charge in [-0.25, -0.2) is 0 Å². The van der Waals surface area contributed by atoms with E-state index in [1.807, 2.05) is 18.2 Å². The van der Waals surface area contributed by atoms with Gasteiger partial charge in [0.25, 0.3) is 5.91 Å². The number of carbonyl (C=O) groups excluding carboxylic acids is 2. The van der Waals surface area contributed by atoms with Gasteiger partial charge in [-0.2, -0.15) is 0 Å². The molecule has 2 N–H and O–H groups in total. The van der Waals surface area contributed by atoms with E-state index in [0.717, 1.165) is 5.39 Å². The second-order valence-electron chi connectivity index (χ2n) is 5.87. The van der Waals surface area contributed by atoms with E-state index in [4.69, 9.17) is 18.6 Å². The summed E-state index contributed by atoms with van der Waals surface area (Å²) in [6.07, 6.45) is 0. The van der Waals surface area contributed by atoms with Crippen LogP contribution >= 0.6 is 0 Å². The summed E-state index contributed by atoms with van der Waals surface area (Å²) in [5.74, 6) is 0.0312. The van der Waals surface area contributed by atoms with Crippen molar-refractivity contribution in [3.8, 4) is 17.2 Å². The number of nitrogens with one attached hydrogen (secondary N) is 2. The molecule has 0 fully saturated rings. The molecule has 0 saturated carbocycles. The van der Waals surface area contributed by atoms with Crippen molar-refractivity contribution in [2.75, 3.05) is 21.3 Å². The summed E-state index contributed by atoms with van der Waals surface area (Å²) >= 11 is 0. The van der Waals surface area contributed by atoms with Crippen molar-refractivity contribution < 1.29 is 28.2 Å².